The number of carbonyl (C=O) groups is 1. The molecule has 0 fully saturated rings. The monoisotopic (exact) mass is 446 g/mol. The maximum absolute atomic E-state index is 12.7. The van der Waals surface area contributed by atoms with Crippen molar-refractivity contribution in [2.24, 2.45) is 10.9 Å². The van der Waals surface area contributed by atoms with Crippen molar-refractivity contribution in [2.45, 2.75) is 27.2 Å². The summed E-state index contributed by atoms with van der Waals surface area (Å²) in [6.07, 6.45) is 2.01. The minimum atomic E-state index is -0.105. The van der Waals surface area contributed by atoms with Gasteiger partial charge in [0, 0.05) is 25.5 Å². The number of pyridine rings is 1. The first-order chi connectivity index (χ1) is 15.3. The van der Waals surface area contributed by atoms with Gasteiger partial charge in [-0.25, -0.2) is 0 Å². The smallest absolute Gasteiger partial charge is 0.230 e. The topological polar surface area (TPSA) is 57.6 Å². The molecular formula is C26H27ClN4O. The van der Waals surface area contributed by atoms with E-state index in [1.54, 1.807) is 6.07 Å². The van der Waals surface area contributed by atoms with E-state index >= 15 is 0 Å². The first-order valence-electron chi connectivity index (χ1n) is 10.8. The molecule has 2 heterocycles. The van der Waals surface area contributed by atoms with Crippen molar-refractivity contribution in [3.63, 3.8) is 0 Å². The van der Waals surface area contributed by atoms with Crippen LogP contribution >= 0.6 is 11.6 Å². The van der Waals surface area contributed by atoms with Crippen LogP contribution in [-0.4, -0.2) is 30.2 Å². The fourth-order valence-electron chi connectivity index (χ4n) is 3.98. The zero-order chi connectivity index (χ0) is 22.8. The normalized spacial score (nSPS) is 13.3. The maximum Gasteiger partial charge on any atom is 0.230 e. The summed E-state index contributed by atoms with van der Waals surface area (Å²) in [5, 5.41) is 3.56. The largest absolute Gasteiger partial charge is 0.373 e. The molecule has 0 unspecified atom stereocenters. The highest BCUT2D eigenvalue weighted by Crippen LogP contribution is 2.38. The highest BCUT2D eigenvalue weighted by Gasteiger charge is 2.20. The van der Waals surface area contributed by atoms with Crippen LogP contribution in [0.3, 0.4) is 0 Å². The Morgan fingerprint density at radius 1 is 1.09 bits per heavy atom. The van der Waals surface area contributed by atoms with Gasteiger partial charge in [-0.15, -0.1) is 0 Å². The van der Waals surface area contributed by atoms with Crippen LogP contribution in [0.25, 0.3) is 11.1 Å². The molecular weight excluding hydrogens is 420 g/mol. The number of nitrogens with one attached hydrogen (secondary N) is 1. The van der Waals surface area contributed by atoms with E-state index in [2.05, 4.69) is 47.2 Å². The summed E-state index contributed by atoms with van der Waals surface area (Å²) in [5.74, 6) is 0.389. The zero-order valence-corrected chi connectivity index (χ0v) is 19.6. The number of carbonyl (C=O) groups excluding carboxylic acids is 1. The lowest BCUT2D eigenvalue weighted by molar-refractivity contribution is -0.115. The number of fused-ring (bicyclic) bond motifs is 1. The van der Waals surface area contributed by atoms with E-state index in [-0.39, 0.29) is 12.3 Å². The van der Waals surface area contributed by atoms with Gasteiger partial charge >= 0.3 is 0 Å². The Hall–Kier alpha value is -3.18. The molecule has 164 valence electrons. The Balaban J connectivity index is 1.76. The third-order valence-electron chi connectivity index (χ3n) is 5.40. The zero-order valence-electron chi connectivity index (χ0n) is 18.8. The molecule has 1 amide bonds. The van der Waals surface area contributed by atoms with E-state index in [4.69, 9.17) is 16.6 Å². The van der Waals surface area contributed by atoms with Gasteiger partial charge in [0.2, 0.25) is 5.91 Å². The van der Waals surface area contributed by atoms with Crippen molar-refractivity contribution < 1.29 is 4.79 Å². The second-order valence-electron chi connectivity index (χ2n) is 8.65. The Bertz CT molecular complexity index is 1200. The fraction of sp³-hybridized carbons (Fsp3) is 0.269. The van der Waals surface area contributed by atoms with Crippen LogP contribution in [0.4, 0.5) is 17.1 Å². The number of rotatable bonds is 5. The molecule has 0 spiro atoms. The summed E-state index contributed by atoms with van der Waals surface area (Å²) in [6, 6.07) is 15.9. The summed E-state index contributed by atoms with van der Waals surface area (Å²) in [6.45, 7) is 7.18. The van der Waals surface area contributed by atoms with Gasteiger partial charge in [0.25, 0.3) is 0 Å². The summed E-state index contributed by atoms with van der Waals surface area (Å²) >= 11 is 6.55. The Morgan fingerprint density at radius 3 is 2.59 bits per heavy atom. The van der Waals surface area contributed by atoms with Crippen LogP contribution in [0.2, 0.25) is 5.02 Å². The molecule has 1 aliphatic heterocycles. The summed E-state index contributed by atoms with van der Waals surface area (Å²) < 4.78 is 0. The van der Waals surface area contributed by atoms with Crippen molar-refractivity contribution in [3.05, 3.63) is 71.0 Å². The highest BCUT2D eigenvalue weighted by atomic mass is 35.5. The molecule has 0 atom stereocenters. The second-order valence-corrected chi connectivity index (χ2v) is 9.05. The molecule has 0 saturated carbocycles. The van der Waals surface area contributed by atoms with Gasteiger partial charge < -0.3 is 10.2 Å². The molecule has 1 aliphatic rings. The van der Waals surface area contributed by atoms with E-state index in [9.17, 15) is 4.79 Å². The first kappa shape index (κ1) is 22.0. The summed E-state index contributed by atoms with van der Waals surface area (Å²) in [5.41, 5.74) is 7.02. The van der Waals surface area contributed by atoms with Crippen molar-refractivity contribution in [2.75, 3.05) is 23.8 Å². The molecule has 1 N–H and O–H groups in total. The van der Waals surface area contributed by atoms with Crippen LogP contribution < -0.4 is 10.2 Å². The first-order valence-corrected chi connectivity index (χ1v) is 11.1. The number of halogens is 1. The Kier molecular flexibility index (Phi) is 6.28. The highest BCUT2D eigenvalue weighted by molar-refractivity contribution is 6.34. The van der Waals surface area contributed by atoms with Crippen molar-refractivity contribution in [1.82, 2.24) is 4.98 Å². The Labute approximate surface area is 194 Å². The second kappa shape index (κ2) is 9.13. The van der Waals surface area contributed by atoms with E-state index in [1.807, 2.05) is 44.4 Å². The van der Waals surface area contributed by atoms with Crippen molar-refractivity contribution >= 4 is 40.3 Å². The van der Waals surface area contributed by atoms with Crippen LogP contribution in [0.1, 0.15) is 31.5 Å². The van der Waals surface area contributed by atoms with E-state index in [0.29, 0.717) is 22.3 Å². The number of nitrogens with zero attached hydrogens (tertiary/aromatic N) is 3. The lowest BCUT2D eigenvalue weighted by Gasteiger charge is -2.23. The minimum absolute atomic E-state index is 0.105. The average Bonchev–Trinajstić information content (AvgIpc) is 2.90. The molecule has 0 radical (unpaired) electrons. The molecule has 2 aromatic carbocycles. The van der Waals surface area contributed by atoms with Crippen LogP contribution in [-0.2, 0) is 4.79 Å². The predicted octanol–water partition coefficient (Wildman–Crippen LogP) is 6.27. The van der Waals surface area contributed by atoms with Crippen LogP contribution in [0.5, 0.6) is 0 Å². The van der Waals surface area contributed by atoms with Gasteiger partial charge in [-0.1, -0.05) is 43.6 Å². The molecule has 0 bridgehead atoms. The quantitative estimate of drug-likeness (QED) is 0.502. The Morgan fingerprint density at radius 2 is 1.84 bits per heavy atom. The predicted molar refractivity (Wildman–Crippen MR) is 133 cm³/mol. The minimum Gasteiger partial charge on any atom is -0.373 e. The van der Waals surface area contributed by atoms with Crippen LogP contribution in [0.15, 0.2) is 59.7 Å². The summed E-state index contributed by atoms with van der Waals surface area (Å²) in [4.78, 5) is 24.0. The molecule has 3 aromatic rings. The SMILES string of the molecule is Cc1cc(-c2cccc(C3=Nc4cc(N(C)CC(C)C)c(Cl)cc4NC(=O)C3)c2)ccn1. The molecule has 0 saturated heterocycles. The molecule has 6 heteroatoms. The number of aliphatic imine (C=N–C) groups is 1. The molecule has 5 nitrogen and oxygen atoms in total. The van der Waals surface area contributed by atoms with E-state index in [0.717, 1.165) is 40.3 Å². The summed E-state index contributed by atoms with van der Waals surface area (Å²) in [7, 11) is 2.02. The van der Waals surface area contributed by atoms with Gasteiger partial charge in [-0.05, 0) is 59.9 Å². The average molecular weight is 447 g/mol. The van der Waals surface area contributed by atoms with Gasteiger partial charge in [0.15, 0.2) is 0 Å². The molecule has 0 aliphatic carbocycles. The number of hydrogen-bond donors (Lipinski definition) is 1. The van der Waals surface area contributed by atoms with Gasteiger partial charge in [-0.2, -0.15) is 0 Å². The number of benzene rings is 2. The molecule has 32 heavy (non-hydrogen) atoms. The lowest BCUT2D eigenvalue weighted by Crippen LogP contribution is -2.22. The molecule has 1 aromatic heterocycles. The maximum atomic E-state index is 12.7. The van der Waals surface area contributed by atoms with Crippen molar-refractivity contribution in [1.29, 1.82) is 0 Å². The van der Waals surface area contributed by atoms with Gasteiger partial charge in [-0.3, -0.25) is 14.8 Å². The number of anilines is 2. The van der Waals surface area contributed by atoms with Gasteiger partial charge in [0.1, 0.15) is 0 Å². The van der Waals surface area contributed by atoms with Crippen molar-refractivity contribution in [3.8, 4) is 11.1 Å². The standard InChI is InChI=1S/C26H27ClN4O/c1-16(2)15-31(4)25-13-24-23(12-21(25)27)30-26(32)14-22(29-24)20-7-5-6-18(11-20)19-8-9-28-17(3)10-19/h5-13,16H,14-15H2,1-4H3,(H,30,32). The fourth-order valence-corrected chi connectivity index (χ4v) is 4.29. The third-order valence-corrected chi connectivity index (χ3v) is 5.70. The number of aryl methyl sites for hydroxylation is 1. The van der Waals surface area contributed by atoms with Gasteiger partial charge in [0.05, 0.1) is 34.2 Å². The van der Waals surface area contributed by atoms with E-state index < -0.39 is 0 Å². The number of amides is 1. The number of aromatic nitrogens is 1. The molecule has 4 rings (SSSR count). The third kappa shape index (κ3) is 4.83. The van der Waals surface area contributed by atoms with E-state index in [1.165, 1.54) is 0 Å². The lowest BCUT2D eigenvalue weighted by atomic mass is 10.00. The van der Waals surface area contributed by atoms with Crippen LogP contribution in [0, 0.1) is 12.8 Å². The number of hydrogen-bond acceptors (Lipinski definition) is 4.